The van der Waals surface area contributed by atoms with E-state index in [9.17, 15) is 8.42 Å². The van der Waals surface area contributed by atoms with Crippen molar-refractivity contribution in [3.8, 4) is 0 Å². The van der Waals surface area contributed by atoms with Gasteiger partial charge in [0.05, 0.1) is 5.75 Å². The molecule has 6 heteroatoms. The Balaban J connectivity index is 0.00000225. The van der Waals surface area contributed by atoms with Gasteiger partial charge in [-0.1, -0.05) is 13.3 Å². The van der Waals surface area contributed by atoms with E-state index < -0.39 is 10.0 Å². The van der Waals surface area contributed by atoms with E-state index >= 15 is 0 Å². The lowest BCUT2D eigenvalue weighted by Gasteiger charge is -2.36. The third-order valence-electron chi connectivity index (χ3n) is 2.92. The fourth-order valence-electron chi connectivity index (χ4n) is 2.18. The van der Waals surface area contributed by atoms with Crippen molar-refractivity contribution in [2.24, 2.45) is 5.73 Å². The predicted octanol–water partition coefficient (Wildman–Crippen LogP) is 1.35. The second kappa shape index (κ2) is 6.79. The van der Waals surface area contributed by atoms with Crippen molar-refractivity contribution in [1.29, 1.82) is 0 Å². The van der Waals surface area contributed by atoms with Gasteiger partial charge in [-0.25, -0.2) is 8.42 Å². The lowest BCUT2D eigenvalue weighted by Crippen LogP contribution is -2.52. The first-order valence-electron chi connectivity index (χ1n) is 5.74. The summed E-state index contributed by atoms with van der Waals surface area (Å²) in [7, 11) is -3.07. The minimum atomic E-state index is -3.07. The highest BCUT2D eigenvalue weighted by atomic mass is 35.5. The minimum absolute atomic E-state index is 0. The van der Waals surface area contributed by atoms with Crippen LogP contribution in [0.3, 0.4) is 0 Å². The van der Waals surface area contributed by atoms with Crippen molar-refractivity contribution in [1.82, 2.24) is 4.31 Å². The van der Waals surface area contributed by atoms with E-state index in [1.807, 2.05) is 13.8 Å². The highest BCUT2D eigenvalue weighted by Crippen LogP contribution is 2.22. The molecule has 0 aromatic rings. The van der Waals surface area contributed by atoms with Crippen LogP contribution in [-0.2, 0) is 10.0 Å². The van der Waals surface area contributed by atoms with Gasteiger partial charge in [-0.05, 0) is 26.2 Å². The molecule has 2 unspecified atom stereocenters. The molecule has 0 spiro atoms. The zero-order chi connectivity index (χ0) is 11.5. The highest BCUT2D eigenvalue weighted by molar-refractivity contribution is 7.89. The molecule has 0 aromatic carbocycles. The molecule has 16 heavy (non-hydrogen) atoms. The van der Waals surface area contributed by atoms with Gasteiger partial charge in [0, 0.05) is 18.6 Å². The van der Waals surface area contributed by atoms with Crippen molar-refractivity contribution < 1.29 is 8.42 Å². The van der Waals surface area contributed by atoms with E-state index in [1.165, 1.54) is 0 Å². The predicted molar refractivity (Wildman–Crippen MR) is 69.3 cm³/mol. The molecule has 1 rings (SSSR count). The van der Waals surface area contributed by atoms with Gasteiger partial charge in [0.2, 0.25) is 10.0 Å². The Morgan fingerprint density at radius 1 is 1.44 bits per heavy atom. The molecule has 2 atom stereocenters. The number of piperidine rings is 1. The maximum absolute atomic E-state index is 12.0. The Hall–Kier alpha value is 0.160. The molecular formula is C10H23ClN2O2S. The van der Waals surface area contributed by atoms with Crippen LogP contribution >= 0.6 is 12.4 Å². The van der Waals surface area contributed by atoms with E-state index in [2.05, 4.69) is 0 Å². The van der Waals surface area contributed by atoms with Crippen LogP contribution in [-0.4, -0.2) is 37.1 Å². The second-order valence-electron chi connectivity index (χ2n) is 4.35. The van der Waals surface area contributed by atoms with Gasteiger partial charge in [0.1, 0.15) is 0 Å². The molecule has 4 nitrogen and oxygen atoms in total. The Labute approximate surface area is 105 Å². The quantitative estimate of drug-likeness (QED) is 0.839. The largest absolute Gasteiger partial charge is 0.326 e. The van der Waals surface area contributed by atoms with Gasteiger partial charge in [0.15, 0.2) is 0 Å². The van der Waals surface area contributed by atoms with Crippen LogP contribution in [0.25, 0.3) is 0 Å². The molecule has 0 radical (unpaired) electrons. The van der Waals surface area contributed by atoms with Gasteiger partial charge in [-0.3, -0.25) is 0 Å². The highest BCUT2D eigenvalue weighted by Gasteiger charge is 2.33. The standard InChI is InChI=1S/C10H22N2O2S.ClH/c1-3-8-15(13,14)12-7-5-4-6-10(12)9(2)11;/h9-10H,3-8,11H2,1-2H3;1H. The fraction of sp³-hybridized carbons (Fsp3) is 1.00. The molecule has 2 N–H and O–H groups in total. The molecule has 0 aromatic heterocycles. The van der Waals surface area contributed by atoms with E-state index in [0.717, 1.165) is 19.3 Å². The average Bonchev–Trinajstić information content (AvgIpc) is 2.17. The number of rotatable bonds is 4. The van der Waals surface area contributed by atoms with Gasteiger partial charge < -0.3 is 5.73 Å². The van der Waals surface area contributed by atoms with Crippen molar-refractivity contribution in [2.45, 2.75) is 51.6 Å². The molecule has 0 amide bonds. The lowest BCUT2D eigenvalue weighted by molar-refractivity contribution is 0.227. The van der Waals surface area contributed by atoms with Crippen molar-refractivity contribution in [3.63, 3.8) is 0 Å². The summed E-state index contributed by atoms with van der Waals surface area (Å²) in [5.41, 5.74) is 5.84. The van der Waals surface area contributed by atoms with Crippen LogP contribution in [0, 0.1) is 0 Å². The molecule has 0 saturated carbocycles. The zero-order valence-electron chi connectivity index (χ0n) is 10.1. The molecule has 1 fully saturated rings. The molecule has 1 saturated heterocycles. The van der Waals surface area contributed by atoms with Gasteiger partial charge in [0.25, 0.3) is 0 Å². The van der Waals surface area contributed by atoms with Gasteiger partial charge in [-0.15, -0.1) is 12.4 Å². The summed E-state index contributed by atoms with van der Waals surface area (Å²) in [4.78, 5) is 0. The first-order valence-corrected chi connectivity index (χ1v) is 7.35. The number of nitrogens with two attached hydrogens (primary N) is 1. The monoisotopic (exact) mass is 270 g/mol. The van der Waals surface area contributed by atoms with Gasteiger partial charge >= 0.3 is 0 Å². The zero-order valence-corrected chi connectivity index (χ0v) is 11.7. The van der Waals surface area contributed by atoms with Crippen LogP contribution in [0.4, 0.5) is 0 Å². The van der Waals surface area contributed by atoms with E-state index in [-0.39, 0.29) is 30.2 Å². The Kier molecular flexibility index (Phi) is 6.86. The summed E-state index contributed by atoms with van der Waals surface area (Å²) in [5, 5.41) is 0. The summed E-state index contributed by atoms with van der Waals surface area (Å²) >= 11 is 0. The summed E-state index contributed by atoms with van der Waals surface area (Å²) in [6, 6.07) is -0.0627. The van der Waals surface area contributed by atoms with Gasteiger partial charge in [-0.2, -0.15) is 4.31 Å². The summed E-state index contributed by atoms with van der Waals surface area (Å²) in [6.45, 7) is 4.43. The van der Waals surface area contributed by atoms with Crippen LogP contribution in [0.5, 0.6) is 0 Å². The molecule has 98 valence electrons. The summed E-state index contributed by atoms with van der Waals surface area (Å²) in [6.07, 6.45) is 3.63. The Morgan fingerprint density at radius 2 is 2.06 bits per heavy atom. The van der Waals surface area contributed by atoms with E-state index in [1.54, 1.807) is 4.31 Å². The first-order chi connectivity index (χ1) is 6.99. The number of sulfonamides is 1. The number of halogens is 1. The SMILES string of the molecule is CCCS(=O)(=O)N1CCCCC1C(C)N.Cl. The third kappa shape index (κ3) is 3.87. The molecule has 1 aliphatic rings. The first kappa shape index (κ1) is 16.2. The number of nitrogens with zero attached hydrogens (tertiary/aromatic N) is 1. The third-order valence-corrected chi connectivity index (χ3v) is 5.02. The van der Waals surface area contributed by atoms with Crippen LogP contribution in [0.1, 0.15) is 39.5 Å². The van der Waals surface area contributed by atoms with Crippen LogP contribution < -0.4 is 5.73 Å². The molecule has 0 bridgehead atoms. The average molecular weight is 271 g/mol. The maximum Gasteiger partial charge on any atom is 0.214 e. The van der Waals surface area contributed by atoms with Crippen LogP contribution in [0.15, 0.2) is 0 Å². The number of hydrogen-bond donors (Lipinski definition) is 1. The van der Waals surface area contributed by atoms with Crippen molar-refractivity contribution in [2.75, 3.05) is 12.3 Å². The minimum Gasteiger partial charge on any atom is -0.326 e. The van der Waals surface area contributed by atoms with Crippen molar-refractivity contribution in [3.05, 3.63) is 0 Å². The molecular weight excluding hydrogens is 248 g/mol. The fourth-order valence-corrected chi connectivity index (χ4v) is 4.04. The van der Waals surface area contributed by atoms with Crippen LogP contribution in [0.2, 0.25) is 0 Å². The molecule has 1 heterocycles. The van der Waals surface area contributed by atoms with E-state index in [4.69, 9.17) is 5.73 Å². The summed E-state index contributed by atoms with van der Waals surface area (Å²) in [5.74, 6) is 0.246. The second-order valence-corrected chi connectivity index (χ2v) is 6.39. The molecule has 0 aliphatic carbocycles. The Bertz CT molecular complexity index is 293. The lowest BCUT2D eigenvalue weighted by atomic mass is 10.00. The van der Waals surface area contributed by atoms with E-state index in [0.29, 0.717) is 13.0 Å². The normalized spacial score (nSPS) is 24.8. The van der Waals surface area contributed by atoms with Crippen molar-refractivity contribution >= 4 is 22.4 Å². The maximum atomic E-state index is 12.0. The topological polar surface area (TPSA) is 63.4 Å². The molecule has 1 aliphatic heterocycles. The Morgan fingerprint density at radius 3 is 2.56 bits per heavy atom. The summed E-state index contributed by atoms with van der Waals surface area (Å²) < 4.78 is 25.6. The number of hydrogen-bond acceptors (Lipinski definition) is 3. The smallest absolute Gasteiger partial charge is 0.214 e.